The molecule has 0 amide bonds. The molecule has 0 aromatic heterocycles. The standard InChI is InChI=1S/C5H12N3/c1-8-3-2-7-5(6)4-8/h5H,2-4,6H2,1H3. The zero-order valence-electron chi connectivity index (χ0n) is 5.17. The molecule has 47 valence electrons. The highest BCUT2D eigenvalue weighted by Crippen LogP contribution is 1.90. The van der Waals surface area contributed by atoms with Crippen LogP contribution in [0.4, 0.5) is 0 Å². The molecular weight excluding hydrogens is 102 g/mol. The summed E-state index contributed by atoms with van der Waals surface area (Å²) in [5.74, 6) is 0. The van der Waals surface area contributed by atoms with Gasteiger partial charge in [-0.2, -0.15) is 0 Å². The molecule has 3 heteroatoms. The van der Waals surface area contributed by atoms with Gasteiger partial charge in [0.05, 0.1) is 6.17 Å². The summed E-state index contributed by atoms with van der Waals surface area (Å²) in [5, 5.41) is 4.12. The number of piperazine rings is 1. The van der Waals surface area contributed by atoms with Gasteiger partial charge < -0.3 is 10.6 Å². The van der Waals surface area contributed by atoms with Crippen molar-refractivity contribution in [2.24, 2.45) is 5.73 Å². The van der Waals surface area contributed by atoms with E-state index in [9.17, 15) is 0 Å². The van der Waals surface area contributed by atoms with Crippen LogP contribution in [0.5, 0.6) is 0 Å². The molecule has 3 nitrogen and oxygen atoms in total. The minimum absolute atomic E-state index is 0.0637. The quantitative estimate of drug-likeness (QED) is 0.431. The zero-order valence-corrected chi connectivity index (χ0v) is 5.17. The fourth-order valence-corrected chi connectivity index (χ4v) is 0.863. The summed E-state index contributed by atoms with van der Waals surface area (Å²) in [6.45, 7) is 2.88. The summed E-state index contributed by atoms with van der Waals surface area (Å²) < 4.78 is 0. The normalized spacial score (nSPS) is 33.0. The van der Waals surface area contributed by atoms with E-state index in [4.69, 9.17) is 5.73 Å². The zero-order chi connectivity index (χ0) is 5.98. The van der Waals surface area contributed by atoms with Crippen molar-refractivity contribution < 1.29 is 0 Å². The van der Waals surface area contributed by atoms with Crippen molar-refractivity contribution in [2.45, 2.75) is 6.17 Å². The Hall–Kier alpha value is -0.120. The van der Waals surface area contributed by atoms with Crippen LogP contribution in [0.1, 0.15) is 0 Å². The maximum atomic E-state index is 5.52. The molecule has 1 heterocycles. The Kier molecular flexibility index (Phi) is 1.83. The predicted octanol–water partition coefficient (Wildman–Crippen LogP) is -1.18. The molecule has 1 radical (unpaired) electrons. The highest BCUT2D eigenvalue weighted by molar-refractivity contribution is 4.69. The summed E-state index contributed by atoms with van der Waals surface area (Å²) in [6, 6.07) is 0. The number of likely N-dealkylation sites (N-methyl/N-ethyl adjacent to an activating group) is 1. The molecule has 1 fully saturated rings. The van der Waals surface area contributed by atoms with Gasteiger partial charge in [0, 0.05) is 19.6 Å². The van der Waals surface area contributed by atoms with Crippen molar-refractivity contribution in [1.29, 1.82) is 0 Å². The number of nitrogens with zero attached hydrogens (tertiary/aromatic N) is 2. The molecular formula is C5H12N3. The third-order valence-electron chi connectivity index (χ3n) is 1.34. The van der Waals surface area contributed by atoms with Gasteiger partial charge in [0.1, 0.15) is 0 Å². The average molecular weight is 114 g/mol. The Labute approximate surface area is 49.8 Å². The molecule has 1 rings (SSSR count). The van der Waals surface area contributed by atoms with Gasteiger partial charge in [-0.1, -0.05) is 0 Å². The van der Waals surface area contributed by atoms with Crippen molar-refractivity contribution in [2.75, 3.05) is 26.7 Å². The van der Waals surface area contributed by atoms with Crippen molar-refractivity contribution in [3.63, 3.8) is 0 Å². The van der Waals surface area contributed by atoms with Crippen molar-refractivity contribution in [1.82, 2.24) is 10.2 Å². The smallest absolute Gasteiger partial charge is 0.0840 e. The topological polar surface area (TPSA) is 43.4 Å². The summed E-state index contributed by atoms with van der Waals surface area (Å²) in [4.78, 5) is 2.19. The monoisotopic (exact) mass is 114 g/mol. The van der Waals surface area contributed by atoms with E-state index in [1.165, 1.54) is 0 Å². The van der Waals surface area contributed by atoms with Crippen LogP contribution in [0.15, 0.2) is 0 Å². The first-order chi connectivity index (χ1) is 3.79. The molecule has 1 aliphatic rings. The summed E-state index contributed by atoms with van der Waals surface area (Å²) in [7, 11) is 2.06. The van der Waals surface area contributed by atoms with Gasteiger partial charge in [-0.25, -0.2) is 5.32 Å². The lowest BCUT2D eigenvalue weighted by Crippen LogP contribution is -2.49. The van der Waals surface area contributed by atoms with E-state index < -0.39 is 0 Å². The average Bonchev–Trinajstić information content (AvgIpc) is 1.64. The van der Waals surface area contributed by atoms with Crippen molar-refractivity contribution in [3.8, 4) is 0 Å². The molecule has 2 N–H and O–H groups in total. The SMILES string of the molecule is CN1CC[N]C(N)C1. The van der Waals surface area contributed by atoms with E-state index in [1.807, 2.05) is 0 Å². The highest BCUT2D eigenvalue weighted by atomic mass is 15.2. The lowest BCUT2D eigenvalue weighted by atomic mass is 10.3. The van der Waals surface area contributed by atoms with Crippen LogP contribution >= 0.6 is 0 Å². The van der Waals surface area contributed by atoms with Gasteiger partial charge in [0.2, 0.25) is 0 Å². The second-order valence-electron chi connectivity index (χ2n) is 2.24. The molecule has 0 spiro atoms. The van der Waals surface area contributed by atoms with E-state index >= 15 is 0 Å². The molecule has 0 aromatic carbocycles. The van der Waals surface area contributed by atoms with Crippen molar-refractivity contribution >= 4 is 0 Å². The Bertz CT molecular complexity index is 66.1. The third kappa shape index (κ3) is 1.43. The third-order valence-corrected chi connectivity index (χ3v) is 1.34. The lowest BCUT2D eigenvalue weighted by Gasteiger charge is -2.26. The van der Waals surface area contributed by atoms with Crippen LogP contribution in [0.2, 0.25) is 0 Å². The minimum atomic E-state index is 0.0637. The van der Waals surface area contributed by atoms with Crippen molar-refractivity contribution in [3.05, 3.63) is 0 Å². The number of hydrogen-bond donors (Lipinski definition) is 1. The number of rotatable bonds is 0. The first kappa shape index (κ1) is 6.01. The predicted molar refractivity (Wildman–Crippen MR) is 32.5 cm³/mol. The Morgan fingerprint density at radius 1 is 1.75 bits per heavy atom. The van der Waals surface area contributed by atoms with Crippen LogP contribution in [-0.2, 0) is 0 Å². The van der Waals surface area contributed by atoms with E-state index in [-0.39, 0.29) is 6.17 Å². The first-order valence-corrected chi connectivity index (χ1v) is 2.90. The first-order valence-electron chi connectivity index (χ1n) is 2.90. The molecule has 0 saturated carbocycles. The maximum absolute atomic E-state index is 5.52. The Morgan fingerprint density at radius 3 is 2.88 bits per heavy atom. The largest absolute Gasteiger partial charge is 0.314 e. The highest BCUT2D eigenvalue weighted by Gasteiger charge is 2.11. The van der Waals surface area contributed by atoms with Gasteiger partial charge in [0.25, 0.3) is 0 Å². The fourth-order valence-electron chi connectivity index (χ4n) is 0.863. The van der Waals surface area contributed by atoms with Crippen LogP contribution in [-0.4, -0.2) is 37.7 Å². The fraction of sp³-hybridized carbons (Fsp3) is 1.00. The molecule has 0 bridgehead atoms. The molecule has 1 saturated heterocycles. The Balaban J connectivity index is 2.23. The number of nitrogens with two attached hydrogens (primary N) is 1. The second kappa shape index (κ2) is 2.44. The van der Waals surface area contributed by atoms with Gasteiger partial charge in [0.15, 0.2) is 0 Å². The summed E-state index contributed by atoms with van der Waals surface area (Å²) in [6.07, 6.45) is 0.0637. The Morgan fingerprint density at radius 2 is 2.50 bits per heavy atom. The minimum Gasteiger partial charge on any atom is -0.314 e. The maximum Gasteiger partial charge on any atom is 0.0840 e. The second-order valence-corrected chi connectivity index (χ2v) is 2.24. The van der Waals surface area contributed by atoms with Crippen LogP contribution < -0.4 is 11.1 Å². The van der Waals surface area contributed by atoms with Gasteiger partial charge in [-0.3, -0.25) is 0 Å². The van der Waals surface area contributed by atoms with E-state index in [0.29, 0.717) is 0 Å². The summed E-state index contributed by atoms with van der Waals surface area (Å²) >= 11 is 0. The van der Waals surface area contributed by atoms with Gasteiger partial charge in [-0.15, -0.1) is 0 Å². The van der Waals surface area contributed by atoms with Crippen LogP contribution in [0.3, 0.4) is 0 Å². The lowest BCUT2D eigenvalue weighted by molar-refractivity contribution is 0.238. The molecule has 0 aliphatic carbocycles. The molecule has 1 atom stereocenters. The van der Waals surface area contributed by atoms with Crippen LogP contribution in [0.25, 0.3) is 0 Å². The number of hydrogen-bond acceptors (Lipinski definition) is 2. The molecule has 8 heavy (non-hydrogen) atoms. The van der Waals surface area contributed by atoms with Gasteiger partial charge in [-0.05, 0) is 7.05 Å². The molecule has 1 unspecified atom stereocenters. The molecule has 0 aromatic rings. The van der Waals surface area contributed by atoms with E-state index in [0.717, 1.165) is 19.6 Å². The van der Waals surface area contributed by atoms with Gasteiger partial charge >= 0.3 is 0 Å². The van der Waals surface area contributed by atoms with Crippen LogP contribution in [0, 0.1) is 0 Å². The van der Waals surface area contributed by atoms with E-state index in [2.05, 4.69) is 17.3 Å². The summed E-state index contributed by atoms with van der Waals surface area (Å²) in [5.41, 5.74) is 5.52. The van der Waals surface area contributed by atoms with E-state index in [1.54, 1.807) is 0 Å². The molecule has 1 aliphatic heterocycles.